The first-order valence-corrected chi connectivity index (χ1v) is 8.00. The van der Waals surface area contributed by atoms with E-state index in [0.29, 0.717) is 17.8 Å². The molecule has 0 spiro atoms. The van der Waals surface area contributed by atoms with E-state index in [9.17, 15) is 9.59 Å². The number of anilines is 2. The molecule has 0 saturated carbocycles. The number of amides is 2. The Balaban J connectivity index is 2.93. The van der Waals surface area contributed by atoms with Crippen molar-refractivity contribution in [2.75, 3.05) is 10.6 Å². The Morgan fingerprint density at radius 1 is 1.09 bits per heavy atom. The number of nitrogens with one attached hydrogen (secondary N) is 2. The first-order chi connectivity index (χ1) is 10.5. The Bertz CT molecular complexity index is 586. The molecule has 128 valence electrons. The fourth-order valence-corrected chi connectivity index (χ4v) is 2.05. The maximum absolute atomic E-state index is 12.3. The number of nitrogens with two attached hydrogens (primary N) is 1. The van der Waals surface area contributed by atoms with Gasteiger partial charge in [-0.2, -0.15) is 0 Å². The van der Waals surface area contributed by atoms with Crippen molar-refractivity contribution in [3.05, 3.63) is 23.8 Å². The van der Waals surface area contributed by atoms with Gasteiger partial charge in [-0.05, 0) is 38.0 Å². The molecule has 23 heavy (non-hydrogen) atoms. The summed E-state index contributed by atoms with van der Waals surface area (Å²) in [5, 5.41) is 5.74. The maximum Gasteiger partial charge on any atom is 0.244 e. The van der Waals surface area contributed by atoms with Gasteiger partial charge in [0, 0.05) is 16.8 Å². The second kappa shape index (κ2) is 7.13. The molecule has 1 rings (SSSR count). The maximum atomic E-state index is 12.3. The summed E-state index contributed by atoms with van der Waals surface area (Å²) < 4.78 is 0. The predicted molar refractivity (Wildman–Crippen MR) is 95.4 cm³/mol. The molecule has 0 aliphatic heterocycles. The third kappa shape index (κ3) is 5.36. The molecule has 4 N–H and O–H groups in total. The predicted octanol–water partition coefficient (Wildman–Crippen LogP) is 3.44. The summed E-state index contributed by atoms with van der Waals surface area (Å²) in [7, 11) is 0. The molecule has 5 nitrogen and oxygen atoms in total. The normalized spacial score (nSPS) is 14.0. The quantitative estimate of drug-likeness (QED) is 0.777. The Labute approximate surface area is 139 Å². The first-order valence-electron chi connectivity index (χ1n) is 8.00. The number of hydrogen-bond donors (Lipinski definition) is 3. The van der Waals surface area contributed by atoms with Gasteiger partial charge in [0.15, 0.2) is 0 Å². The van der Waals surface area contributed by atoms with E-state index < -0.39 is 11.0 Å². The van der Waals surface area contributed by atoms with Crippen LogP contribution in [-0.4, -0.2) is 17.4 Å². The number of carbonyl (C=O) groups excluding carboxylic acids is 2. The van der Waals surface area contributed by atoms with Crippen molar-refractivity contribution < 1.29 is 9.59 Å². The molecule has 1 aromatic carbocycles. The minimum Gasteiger partial charge on any atom is -0.325 e. The highest BCUT2D eigenvalue weighted by molar-refractivity contribution is 5.99. The van der Waals surface area contributed by atoms with Gasteiger partial charge in [-0.1, -0.05) is 40.2 Å². The minimum atomic E-state index is -0.908. The van der Waals surface area contributed by atoms with Crippen LogP contribution in [-0.2, 0) is 9.59 Å². The monoisotopic (exact) mass is 319 g/mol. The molecular formula is C18H29N3O2. The van der Waals surface area contributed by atoms with Crippen LogP contribution in [0.4, 0.5) is 11.4 Å². The lowest BCUT2D eigenvalue weighted by molar-refractivity contribution is -0.123. The highest BCUT2D eigenvalue weighted by Crippen LogP contribution is 2.24. The first kappa shape index (κ1) is 19.2. The summed E-state index contributed by atoms with van der Waals surface area (Å²) in [6, 6.07) is 5.43. The smallest absolute Gasteiger partial charge is 0.244 e. The van der Waals surface area contributed by atoms with Crippen molar-refractivity contribution >= 4 is 23.2 Å². The van der Waals surface area contributed by atoms with Crippen LogP contribution in [0.3, 0.4) is 0 Å². The van der Waals surface area contributed by atoms with Crippen molar-refractivity contribution in [1.29, 1.82) is 0 Å². The minimum absolute atomic E-state index is 0.0706. The molecule has 0 aliphatic carbocycles. The van der Waals surface area contributed by atoms with E-state index in [2.05, 4.69) is 10.6 Å². The summed E-state index contributed by atoms with van der Waals surface area (Å²) in [6.45, 7) is 11.2. The van der Waals surface area contributed by atoms with Gasteiger partial charge in [0.1, 0.15) is 0 Å². The van der Waals surface area contributed by atoms with Crippen LogP contribution < -0.4 is 16.4 Å². The van der Waals surface area contributed by atoms with Crippen LogP contribution in [0, 0.1) is 12.3 Å². The topological polar surface area (TPSA) is 84.2 Å². The van der Waals surface area contributed by atoms with Gasteiger partial charge in [-0.15, -0.1) is 0 Å². The van der Waals surface area contributed by atoms with Gasteiger partial charge in [-0.3, -0.25) is 9.59 Å². The number of benzene rings is 1. The summed E-state index contributed by atoms with van der Waals surface area (Å²) in [5.41, 5.74) is 6.90. The molecule has 1 atom stereocenters. The summed E-state index contributed by atoms with van der Waals surface area (Å²) >= 11 is 0. The zero-order valence-electron chi connectivity index (χ0n) is 15.0. The highest BCUT2D eigenvalue weighted by Gasteiger charge is 2.27. The molecule has 1 aromatic rings. The molecule has 0 saturated heterocycles. The van der Waals surface area contributed by atoms with Crippen LogP contribution in [0.5, 0.6) is 0 Å². The van der Waals surface area contributed by atoms with Gasteiger partial charge in [0.25, 0.3) is 0 Å². The van der Waals surface area contributed by atoms with Crippen molar-refractivity contribution in [3.63, 3.8) is 0 Å². The van der Waals surface area contributed by atoms with E-state index in [4.69, 9.17) is 5.73 Å². The third-order valence-corrected chi connectivity index (χ3v) is 3.71. The summed E-state index contributed by atoms with van der Waals surface area (Å²) in [5.74, 6) is -0.296. The van der Waals surface area contributed by atoms with Gasteiger partial charge >= 0.3 is 0 Å². The van der Waals surface area contributed by atoms with E-state index in [1.807, 2.05) is 46.8 Å². The van der Waals surface area contributed by atoms with Gasteiger partial charge < -0.3 is 16.4 Å². The lowest BCUT2D eigenvalue weighted by Crippen LogP contribution is -2.48. The zero-order valence-corrected chi connectivity index (χ0v) is 15.0. The number of hydrogen-bond acceptors (Lipinski definition) is 3. The molecule has 0 aliphatic rings. The largest absolute Gasteiger partial charge is 0.325 e. The Morgan fingerprint density at radius 3 is 2.22 bits per heavy atom. The van der Waals surface area contributed by atoms with Crippen molar-refractivity contribution in [2.24, 2.45) is 11.1 Å². The van der Waals surface area contributed by atoms with Crippen molar-refractivity contribution in [2.45, 2.75) is 59.9 Å². The summed E-state index contributed by atoms with van der Waals surface area (Å²) in [6.07, 6.45) is 1.44. The van der Waals surface area contributed by atoms with Crippen LogP contribution in [0.1, 0.15) is 53.0 Å². The molecule has 0 radical (unpaired) electrons. The molecule has 5 heteroatoms. The molecule has 0 aromatic heterocycles. The highest BCUT2D eigenvalue weighted by atomic mass is 16.2. The lowest BCUT2D eigenvalue weighted by Gasteiger charge is -2.23. The van der Waals surface area contributed by atoms with Crippen LogP contribution in [0.25, 0.3) is 0 Å². The SMILES string of the molecule is CCCC(C)(N)C(=O)Nc1ccc(C)c(NC(=O)C(C)(C)C)c1. The van der Waals surface area contributed by atoms with E-state index in [0.717, 1.165) is 12.0 Å². The van der Waals surface area contributed by atoms with Gasteiger partial charge in [-0.25, -0.2) is 0 Å². The van der Waals surface area contributed by atoms with Gasteiger partial charge in [0.2, 0.25) is 11.8 Å². The van der Waals surface area contributed by atoms with E-state index in [1.165, 1.54) is 0 Å². The Kier molecular flexibility index (Phi) is 5.94. The van der Waals surface area contributed by atoms with Crippen molar-refractivity contribution in [1.82, 2.24) is 0 Å². The Hall–Kier alpha value is -1.88. The standard InChI is InChI=1S/C18H29N3O2/c1-7-10-18(6,19)16(23)20-13-9-8-12(2)14(11-13)21-15(22)17(3,4)5/h8-9,11H,7,10,19H2,1-6H3,(H,20,23)(H,21,22). The molecule has 1 unspecified atom stereocenters. The average Bonchev–Trinajstić information content (AvgIpc) is 2.41. The number of aryl methyl sites for hydroxylation is 1. The molecule has 0 bridgehead atoms. The number of carbonyl (C=O) groups is 2. The fraction of sp³-hybridized carbons (Fsp3) is 0.556. The van der Waals surface area contributed by atoms with E-state index in [-0.39, 0.29) is 11.8 Å². The zero-order chi connectivity index (χ0) is 17.8. The Morgan fingerprint density at radius 2 is 1.70 bits per heavy atom. The molecule has 0 heterocycles. The fourth-order valence-electron chi connectivity index (χ4n) is 2.05. The second-order valence-corrected chi connectivity index (χ2v) is 7.36. The molecule has 0 fully saturated rings. The third-order valence-electron chi connectivity index (χ3n) is 3.71. The van der Waals surface area contributed by atoms with Crippen LogP contribution in [0.15, 0.2) is 18.2 Å². The molecule has 2 amide bonds. The lowest BCUT2D eigenvalue weighted by atomic mass is 9.95. The second-order valence-electron chi connectivity index (χ2n) is 7.36. The van der Waals surface area contributed by atoms with Gasteiger partial charge in [0.05, 0.1) is 5.54 Å². The summed E-state index contributed by atoms with van der Waals surface area (Å²) in [4.78, 5) is 24.4. The average molecular weight is 319 g/mol. The van der Waals surface area contributed by atoms with Crippen LogP contribution in [0.2, 0.25) is 0 Å². The number of rotatable bonds is 5. The molecular weight excluding hydrogens is 290 g/mol. The van der Waals surface area contributed by atoms with Crippen molar-refractivity contribution in [3.8, 4) is 0 Å². The van der Waals surface area contributed by atoms with E-state index >= 15 is 0 Å². The van der Waals surface area contributed by atoms with E-state index in [1.54, 1.807) is 13.0 Å². The van der Waals surface area contributed by atoms with Crippen LogP contribution >= 0.6 is 0 Å².